The van der Waals surface area contributed by atoms with Crippen molar-refractivity contribution in [2.24, 2.45) is 0 Å². The topological polar surface area (TPSA) is 49.2 Å². The summed E-state index contributed by atoms with van der Waals surface area (Å²) < 4.78 is 0. The number of aromatic hydroxyl groups is 1. The van der Waals surface area contributed by atoms with Gasteiger partial charge in [-0.25, -0.2) is 9.97 Å². The summed E-state index contributed by atoms with van der Waals surface area (Å²) in [7, 11) is 0. The Morgan fingerprint density at radius 3 is 2.80 bits per heavy atom. The van der Waals surface area contributed by atoms with Crippen LogP contribution in [0.2, 0.25) is 0 Å². The molecule has 1 atom stereocenters. The fraction of sp³-hybridized carbons (Fsp3) is 0.333. The molecule has 25 heavy (non-hydrogen) atoms. The Bertz CT molecular complexity index is 922. The van der Waals surface area contributed by atoms with Crippen LogP contribution < -0.4 is 4.90 Å². The van der Waals surface area contributed by atoms with E-state index >= 15 is 0 Å². The van der Waals surface area contributed by atoms with Crippen LogP contribution in [0.25, 0.3) is 22.3 Å². The van der Waals surface area contributed by atoms with Gasteiger partial charge in [0.05, 0.1) is 11.1 Å². The van der Waals surface area contributed by atoms with Crippen LogP contribution in [0.5, 0.6) is 5.75 Å². The Kier molecular flexibility index (Phi) is 4.04. The van der Waals surface area contributed by atoms with Gasteiger partial charge in [0, 0.05) is 18.0 Å². The SMILES string of the molecule is CCC1CCCN1c1nc(-c2ccccc2O)nc2cc(C)ccc12. The quantitative estimate of drug-likeness (QED) is 0.755. The number of hydrogen-bond donors (Lipinski definition) is 1. The van der Waals surface area contributed by atoms with Crippen LogP contribution in [0.4, 0.5) is 5.82 Å². The Morgan fingerprint density at radius 2 is 2.00 bits per heavy atom. The summed E-state index contributed by atoms with van der Waals surface area (Å²) in [6.45, 7) is 5.34. The highest BCUT2D eigenvalue weighted by Crippen LogP contribution is 2.35. The monoisotopic (exact) mass is 333 g/mol. The smallest absolute Gasteiger partial charge is 0.165 e. The van der Waals surface area contributed by atoms with Crippen molar-refractivity contribution < 1.29 is 5.11 Å². The molecule has 1 aliphatic heterocycles. The van der Waals surface area contributed by atoms with Gasteiger partial charge in [-0.15, -0.1) is 0 Å². The van der Waals surface area contributed by atoms with E-state index in [-0.39, 0.29) is 5.75 Å². The van der Waals surface area contributed by atoms with Crippen molar-refractivity contribution >= 4 is 16.7 Å². The van der Waals surface area contributed by atoms with Gasteiger partial charge in [-0.05, 0) is 56.0 Å². The fourth-order valence-electron chi connectivity index (χ4n) is 3.76. The van der Waals surface area contributed by atoms with E-state index in [0.717, 1.165) is 29.7 Å². The number of hydrogen-bond acceptors (Lipinski definition) is 4. The predicted octanol–water partition coefficient (Wildman–Crippen LogP) is 4.69. The molecule has 1 N–H and O–H groups in total. The van der Waals surface area contributed by atoms with Crippen LogP contribution >= 0.6 is 0 Å². The maximum Gasteiger partial charge on any atom is 0.165 e. The zero-order valence-electron chi connectivity index (χ0n) is 14.7. The molecule has 1 saturated heterocycles. The molecule has 0 aliphatic carbocycles. The molecule has 4 nitrogen and oxygen atoms in total. The van der Waals surface area contributed by atoms with Crippen molar-refractivity contribution in [2.45, 2.75) is 39.2 Å². The summed E-state index contributed by atoms with van der Waals surface area (Å²) in [5, 5.41) is 11.3. The van der Waals surface area contributed by atoms with E-state index in [1.165, 1.54) is 18.4 Å². The molecule has 0 radical (unpaired) electrons. The number of aromatic nitrogens is 2. The fourth-order valence-corrected chi connectivity index (χ4v) is 3.76. The molecule has 1 aliphatic rings. The second kappa shape index (κ2) is 6.36. The number of phenolic OH excluding ortho intramolecular Hbond substituents is 1. The van der Waals surface area contributed by atoms with E-state index in [4.69, 9.17) is 9.97 Å². The molecule has 1 fully saturated rings. The Balaban J connectivity index is 1.95. The molecule has 2 heterocycles. The summed E-state index contributed by atoms with van der Waals surface area (Å²) in [6, 6.07) is 14.1. The molecule has 0 amide bonds. The van der Waals surface area contributed by atoms with Crippen LogP contribution in [0.1, 0.15) is 31.7 Å². The number of fused-ring (bicyclic) bond motifs is 1. The summed E-state index contributed by atoms with van der Waals surface area (Å²) >= 11 is 0. The lowest BCUT2D eigenvalue weighted by atomic mass is 10.1. The summed E-state index contributed by atoms with van der Waals surface area (Å²) in [5.74, 6) is 1.80. The third kappa shape index (κ3) is 2.82. The average molecular weight is 333 g/mol. The van der Waals surface area contributed by atoms with Crippen molar-refractivity contribution in [1.82, 2.24) is 9.97 Å². The van der Waals surface area contributed by atoms with Gasteiger partial charge in [0.25, 0.3) is 0 Å². The third-order valence-electron chi connectivity index (χ3n) is 5.10. The Hall–Kier alpha value is -2.62. The molecule has 3 aromatic rings. The van der Waals surface area contributed by atoms with Gasteiger partial charge < -0.3 is 10.0 Å². The number of aryl methyl sites for hydroxylation is 1. The maximum atomic E-state index is 10.3. The number of anilines is 1. The van der Waals surface area contributed by atoms with Crippen LogP contribution in [-0.4, -0.2) is 27.7 Å². The summed E-state index contributed by atoms with van der Waals surface area (Å²) in [4.78, 5) is 12.1. The third-order valence-corrected chi connectivity index (χ3v) is 5.10. The molecule has 0 bridgehead atoms. The van der Waals surface area contributed by atoms with Gasteiger partial charge in [-0.1, -0.05) is 25.1 Å². The van der Waals surface area contributed by atoms with Crippen LogP contribution in [0.3, 0.4) is 0 Å². The lowest BCUT2D eigenvalue weighted by molar-refractivity contribution is 0.477. The minimum atomic E-state index is 0.217. The first kappa shape index (κ1) is 15.9. The van der Waals surface area contributed by atoms with Gasteiger partial charge >= 0.3 is 0 Å². The molecule has 1 unspecified atom stereocenters. The van der Waals surface area contributed by atoms with Crippen molar-refractivity contribution in [2.75, 3.05) is 11.4 Å². The number of benzene rings is 2. The summed E-state index contributed by atoms with van der Waals surface area (Å²) in [5.41, 5.74) is 2.79. The van der Waals surface area contributed by atoms with Crippen molar-refractivity contribution in [3.63, 3.8) is 0 Å². The highest BCUT2D eigenvalue weighted by molar-refractivity contribution is 5.92. The second-order valence-corrected chi connectivity index (χ2v) is 6.81. The zero-order chi connectivity index (χ0) is 17.4. The van der Waals surface area contributed by atoms with E-state index < -0.39 is 0 Å². The van der Waals surface area contributed by atoms with E-state index in [2.05, 4.69) is 36.9 Å². The molecule has 4 rings (SSSR count). The van der Waals surface area contributed by atoms with Gasteiger partial charge in [0.1, 0.15) is 11.6 Å². The Morgan fingerprint density at radius 1 is 1.16 bits per heavy atom. The first-order valence-corrected chi connectivity index (χ1v) is 9.01. The largest absolute Gasteiger partial charge is 0.507 e. The molecular formula is C21H23N3O. The molecule has 128 valence electrons. The first-order valence-electron chi connectivity index (χ1n) is 9.01. The average Bonchev–Trinajstić information content (AvgIpc) is 3.09. The van der Waals surface area contributed by atoms with Crippen LogP contribution in [0.15, 0.2) is 42.5 Å². The van der Waals surface area contributed by atoms with Gasteiger partial charge in [-0.2, -0.15) is 0 Å². The van der Waals surface area contributed by atoms with Crippen molar-refractivity contribution in [3.05, 3.63) is 48.0 Å². The van der Waals surface area contributed by atoms with Gasteiger partial charge in [0.2, 0.25) is 0 Å². The standard InChI is InChI=1S/C21H23N3O/c1-3-15-7-6-12-24(15)21-16-11-10-14(2)13-18(16)22-20(23-21)17-8-4-5-9-19(17)25/h4-5,8-11,13,15,25H,3,6-7,12H2,1-2H3. The lowest BCUT2D eigenvalue weighted by Gasteiger charge is -2.26. The number of rotatable bonds is 3. The molecule has 0 saturated carbocycles. The van der Waals surface area contributed by atoms with E-state index in [9.17, 15) is 5.11 Å². The second-order valence-electron chi connectivity index (χ2n) is 6.81. The van der Waals surface area contributed by atoms with E-state index in [1.54, 1.807) is 6.07 Å². The van der Waals surface area contributed by atoms with Gasteiger partial charge in [-0.3, -0.25) is 0 Å². The van der Waals surface area contributed by atoms with Crippen LogP contribution in [0, 0.1) is 6.92 Å². The van der Waals surface area contributed by atoms with Crippen LogP contribution in [-0.2, 0) is 0 Å². The number of para-hydroxylation sites is 1. The maximum absolute atomic E-state index is 10.3. The number of nitrogens with zero attached hydrogens (tertiary/aromatic N) is 3. The predicted molar refractivity (Wildman–Crippen MR) is 102 cm³/mol. The van der Waals surface area contributed by atoms with Crippen molar-refractivity contribution in [3.8, 4) is 17.1 Å². The molecular weight excluding hydrogens is 310 g/mol. The summed E-state index contributed by atoms with van der Waals surface area (Å²) in [6.07, 6.45) is 3.52. The lowest BCUT2D eigenvalue weighted by Crippen LogP contribution is -2.29. The highest BCUT2D eigenvalue weighted by atomic mass is 16.3. The normalized spacial score (nSPS) is 17.4. The van der Waals surface area contributed by atoms with Gasteiger partial charge in [0.15, 0.2) is 5.82 Å². The van der Waals surface area contributed by atoms with Crippen molar-refractivity contribution in [1.29, 1.82) is 0 Å². The zero-order valence-corrected chi connectivity index (χ0v) is 14.7. The molecule has 1 aromatic heterocycles. The Labute approximate surface area is 148 Å². The van der Waals surface area contributed by atoms with E-state index in [1.807, 2.05) is 18.2 Å². The number of phenols is 1. The minimum absolute atomic E-state index is 0.217. The molecule has 2 aromatic carbocycles. The minimum Gasteiger partial charge on any atom is -0.507 e. The van der Waals surface area contributed by atoms with E-state index in [0.29, 0.717) is 17.4 Å². The molecule has 0 spiro atoms. The highest BCUT2D eigenvalue weighted by Gasteiger charge is 2.26. The molecule has 4 heteroatoms. The first-order chi connectivity index (χ1) is 12.2.